The third kappa shape index (κ3) is 8.52. The van der Waals surface area contributed by atoms with Crippen molar-refractivity contribution in [1.82, 2.24) is 45.4 Å². The van der Waals surface area contributed by atoms with Crippen LogP contribution in [0.1, 0.15) is 20.7 Å². The Kier molecular flexibility index (Phi) is 11.4. The Morgan fingerprint density at radius 1 is 0.610 bits per heavy atom. The van der Waals surface area contributed by atoms with E-state index in [1.807, 2.05) is 152 Å². The average Bonchev–Trinajstić information content (AvgIpc) is 3.72. The largest absolute Gasteiger partial charge is 0.382 e. The standard InChI is InChI=1S/C46H47N11O2/c1-55(2)25-22-48-45(58)36-18-10-16-34-41(32-14-5-7-20-38(32)51-43(34)36)47-24-27-57-29-40(53-54-57)30-12-9-13-31(28-30)50-42-33-15-6-8-21-39(33)52-44-35(42)17-11-19-37(44)46(59)49-23-26-56(3)4/h5-21,28-29H,22-27H2,1-4H3,(H,47,51)(H,48,58)(H,49,59)(H,50,52). The van der Waals surface area contributed by atoms with Crippen molar-refractivity contribution in [1.29, 1.82) is 0 Å². The van der Waals surface area contributed by atoms with E-state index in [4.69, 9.17) is 9.97 Å². The highest BCUT2D eigenvalue weighted by Gasteiger charge is 2.18. The second kappa shape index (κ2) is 17.3. The summed E-state index contributed by atoms with van der Waals surface area (Å²) in [7, 11) is 7.92. The Morgan fingerprint density at radius 2 is 1.15 bits per heavy atom. The summed E-state index contributed by atoms with van der Waals surface area (Å²) in [5, 5.41) is 26.0. The predicted molar refractivity (Wildman–Crippen MR) is 238 cm³/mol. The Bertz CT molecular complexity index is 2820. The number of carbonyl (C=O) groups excluding carboxylic acids is 2. The number of nitrogens with zero attached hydrogens (tertiary/aromatic N) is 7. The van der Waals surface area contributed by atoms with Crippen molar-refractivity contribution in [3.8, 4) is 11.3 Å². The van der Waals surface area contributed by atoms with E-state index in [0.717, 1.165) is 74.0 Å². The minimum Gasteiger partial charge on any atom is -0.382 e. The third-order valence-electron chi connectivity index (χ3n) is 10.2. The highest BCUT2D eigenvalue weighted by molar-refractivity contribution is 6.16. The lowest BCUT2D eigenvalue weighted by Crippen LogP contribution is -2.31. The number of rotatable bonds is 15. The second-order valence-corrected chi connectivity index (χ2v) is 15.0. The van der Waals surface area contributed by atoms with Crippen LogP contribution in [-0.4, -0.2) is 107 Å². The number of carbonyl (C=O) groups is 2. The zero-order valence-corrected chi connectivity index (χ0v) is 33.7. The van der Waals surface area contributed by atoms with Crippen molar-refractivity contribution in [2.75, 3.05) is 71.5 Å². The molecule has 0 aliphatic carbocycles. The lowest BCUT2D eigenvalue weighted by Gasteiger charge is -2.16. The van der Waals surface area contributed by atoms with E-state index < -0.39 is 0 Å². The van der Waals surface area contributed by atoms with E-state index in [1.165, 1.54) is 0 Å². The van der Waals surface area contributed by atoms with Crippen LogP contribution >= 0.6 is 0 Å². The van der Waals surface area contributed by atoms with Crippen molar-refractivity contribution >= 4 is 72.5 Å². The number of pyridine rings is 2. The summed E-state index contributed by atoms with van der Waals surface area (Å²) >= 11 is 0. The second-order valence-electron chi connectivity index (χ2n) is 15.0. The first-order chi connectivity index (χ1) is 28.7. The minimum atomic E-state index is -0.154. The molecule has 0 aliphatic heterocycles. The van der Waals surface area contributed by atoms with Gasteiger partial charge in [-0.25, -0.2) is 9.97 Å². The molecule has 8 rings (SSSR count). The van der Waals surface area contributed by atoms with Gasteiger partial charge in [0.05, 0.1) is 57.3 Å². The molecule has 0 unspecified atom stereocenters. The predicted octanol–water partition coefficient (Wildman–Crippen LogP) is 6.79. The number of aromatic nitrogens is 5. The number of benzene rings is 5. The molecule has 0 spiro atoms. The van der Waals surface area contributed by atoms with E-state index >= 15 is 0 Å². The minimum absolute atomic E-state index is 0.145. The van der Waals surface area contributed by atoms with Crippen LogP contribution in [0.4, 0.5) is 17.1 Å². The van der Waals surface area contributed by atoms with Gasteiger partial charge in [0, 0.05) is 65.5 Å². The Hall–Kier alpha value is -6.96. The molecule has 0 saturated heterocycles. The fraction of sp³-hybridized carbons (Fsp3) is 0.217. The summed E-state index contributed by atoms with van der Waals surface area (Å²) in [5.41, 5.74) is 8.25. The molecule has 0 saturated carbocycles. The summed E-state index contributed by atoms with van der Waals surface area (Å²) in [4.78, 5) is 40.6. The summed E-state index contributed by atoms with van der Waals surface area (Å²) < 4.78 is 1.83. The molecule has 4 N–H and O–H groups in total. The average molecular weight is 786 g/mol. The molecule has 8 aromatic rings. The van der Waals surface area contributed by atoms with Crippen molar-refractivity contribution in [3.05, 3.63) is 127 Å². The molecule has 13 nitrogen and oxygen atoms in total. The normalized spacial score (nSPS) is 11.6. The van der Waals surface area contributed by atoms with Crippen LogP contribution < -0.4 is 21.3 Å². The van der Waals surface area contributed by atoms with Gasteiger partial charge in [0.25, 0.3) is 11.8 Å². The number of hydrogen-bond acceptors (Lipinski definition) is 10. The number of para-hydroxylation sites is 4. The van der Waals surface area contributed by atoms with E-state index in [0.29, 0.717) is 48.3 Å². The van der Waals surface area contributed by atoms with E-state index in [1.54, 1.807) is 0 Å². The lowest BCUT2D eigenvalue weighted by atomic mass is 10.0. The number of fused-ring (bicyclic) bond motifs is 4. The maximum atomic E-state index is 13.3. The molecular formula is C46H47N11O2. The van der Waals surface area contributed by atoms with Crippen LogP contribution in [0, 0.1) is 0 Å². The lowest BCUT2D eigenvalue weighted by molar-refractivity contribution is 0.0944. The first kappa shape index (κ1) is 38.9. The highest BCUT2D eigenvalue weighted by atomic mass is 16.2. The Morgan fingerprint density at radius 3 is 1.76 bits per heavy atom. The van der Waals surface area contributed by atoms with E-state index in [2.05, 4.69) is 37.6 Å². The van der Waals surface area contributed by atoms with Crippen molar-refractivity contribution in [3.63, 3.8) is 0 Å². The monoisotopic (exact) mass is 785 g/mol. The van der Waals surface area contributed by atoms with Crippen LogP contribution in [-0.2, 0) is 6.54 Å². The SMILES string of the molecule is CN(C)CCNC(=O)c1cccc2c(NCCn3cc(-c4cccc(Nc5c6ccccc6nc6c(C(=O)NCCN(C)C)cccc56)c4)nn3)c3ccccc3nc12. The van der Waals surface area contributed by atoms with Gasteiger partial charge in [-0.1, -0.05) is 78.0 Å². The van der Waals surface area contributed by atoms with Gasteiger partial charge in [-0.2, -0.15) is 0 Å². The first-order valence-electron chi connectivity index (χ1n) is 19.7. The number of hydrogen-bond donors (Lipinski definition) is 4. The van der Waals surface area contributed by atoms with Gasteiger partial charge in [-0.05, 0) is 64.6 Å². The molecule has 3 heterocycles. The van der Waals surface area contributed by atoms with Crippen LogP contribution in [0.5, 0.6) is 0 Å². The number of likely N-dealkylation sites (N-methyl/N-ethyl adjacent to an activating group) is 2. The zero-order chi connectivity index (χ0) is 40.9. The van der Waals surface area contributed by atoms with Crippen LogP contribution in [0.25, 0.3) is 54.9 Å². The summed E-state index contributed by atoms with van der Waals surface area (Å²) in [6.07, 6.45) is 1.94. The van der Waals surface area contributed by atoms with Gasteiger partial charge in [-0.15, -0.1) is 5.10 Å². The third-order valence-corrected chi connectivity index (χ3v) is 10.2. The quantitative estimate of drug-likeness (QED) is 0.0821. The first-order valence-corrected chi connectivity index (χ1v) is 19.7. The van der Waals surface area contributed by atoms with Crippen LogP contribution in [0.15, 0.2) is 115 Å². The summed E-state index contributed by atoms with van der Waals surface area (Å²) in [5.74, 6) is -0.299. The highest BCUT2D eigenvalue weighted by Crippen LogP contribution is 2.36. The molecule has 0 bridgehead atoms. The van der Waals surface area contributed by atoms with Gasteiger partial charge >= 0.3 is 0 Å². The van der Waals surface area contributed by atoms with E-state index in [-0.39, 0.29) is 11.8 Å². The Balaban J connectivity index is 1.02. The van der Waals surface area contributed by atoms with Gasteiger partial charge in [0.1, 0.15) is 5.69 Å². The van der Waals surface area contributed by atoms with Crippen molar-refractivity contribution in [2.24, 2.45) is 0 Å². The molecule has 13 heteroatoms. The molecule has 0 aliphatic rings. The maximum Gasteiger partial charge on any atom is 0.253 e. The fourth-order valence-electron chi connectivity index (χ4n) is 7.23. The van der Waals surface area contributed by atoms with Gasteiger partial charge < -0.3 is 31.1 Å². The summed E-state index contributed by atoms with van der Waals surface area (Å²) in [6.45, 7) is 3.67. The summed E-state index contributed by atoms with van der Waals surface area (Å²) in [6, 6.07) is 35.4. The molecule has 0 atom stereocenters. The Labute approximate surface area is 342 Å². The number of anilines is 3. The fourth-order valence-corrected chi connectivity index (χ4v) is 7.23. The van der Waals surface area contributed by atoms with Crippen LogP contribution in [0.2, 0.25) is 0 Å². The van der Waals surface area contributed by atoms with Gasteiger partial charge in [0.2, 0.25) is 0 Å². The van der Waals surface area contributed by atoms with Crippen molar-refractivity contribution < 1.29 is 9.59 Å². The zero-order valence-electron chi connectivity index (χ0n) is 33.7. The molecule has 0 fully saturated rings. The molecule has 2 amide bonds. The van der Waals surface area contributed by atoms with E-state index in [9.17, 15) is 9.59 Å². The number of amides is 2. The number of nitrogens with one attached hydrogen (secondary N) is 4. The molecular weight excluding hydrogens is 739 g/mol. The smallest absolute Gasteiger partial charge is 0.253 e. The topological polar surface area (TPSA) is 145 Å². The molecule has 59 heavy (non-hydrogen) atoms. The molecule has 0 radical (unpaired) electrons. The maximum absolute atomic E-state index is 13.3. The van der Waals surface area contributed by atoms with Gasteiger partial charge in [-0.3, -0.25) is 14.3 Å². The van der Waals surface area contributed by atoms with Gasteiger partial charge in [0.15, 0.2) is 0 Å². The molecule has 3 aromatic heterocycles. The van der Waals surface area contributed by atoms with Crippen LogP contribution in [0.3, 0.4) is 0 Å². The molecule has 298 valence electrons. The van der Waals surface area contributed by atoms with Crippen molar-refractivity contribution in [2.45, 2.75) is 6.54 Å². The molecule has 5 aromatic carbocycles.